The Hall–Kier alpha value is -0.780. The van der Waals surface area contributed by atoms with Crippen LogP contribution in [0.5, 0.6) is 0 Å². The minimum absolute atomic E-state index is 0.229. The number of rotatable bonds is 9. The van der Waals surface area contributed by atoms with Crippen LogP contribution in [-0.4, -0.2) is 49.1 Å². The smallest absolute Gasteiger partial charge is 0.291 e. The van der Waals surface area contributed by atoms with Gasteiger partial charge in [0.25, 0.3) is 25.2 Å². The van der Waals surface area contributed by atoms with Gasteiger partial charge in [0.05, 0.1) is 28.3 Å². The zero-order valence-corrected chi connectivity index (χ0v) is 21.9. The van der Waals surface area contributed by atoms with Crippen molar-refractivity contribution in [2.75, 3.05) is 23.0 Å². The van der Waals surface area contributed by atoms with E-state index in [1.807, 2.05) is 36.1 Å². The predicted octanol–water partition coefficient (Wildman–Crippen LogP) is 2.81. The molecule has 170 valence electrons. The van der Waals surface area contributed by atoms with E-state index in [-0.39, 0.29) is 24.3 Å². The third kappa shape index (κ3) is 7.36. The fourth-order valence-corrected chi connectivity index (χ4v) is 6.52. The van der Waals surface area contributed by atoms with E-state index in [9.17, 15) is 16.8 Å². The third-order valence-corrected chi connectivity index (χ3v) is 8.57. The van der Waals surface area contributed by atoms with E-state index < -0.39 is 20.2 Å². The zero-order valence-electron chi connectivity index (χ0n) is 16.4. The molecule has 0 amide bonds. The van der Waals surface area contributed by atoms with Crippen LogP contribution in [0, 0.1) is 10.5 Å². The Labute approximate surface area is 203 Å². The molecule has 0 saturated heterocycles. The van der Waals surface area contributed by atoms with Gasteiger partial charge in [-0.3, -0.25) is 9.11 Å². The Morgan fingerprint density at radius 3 is 2.52 bits per heavy atom. The van der Waals surface area contributed by atoms with Gasteiger partial charge in [0, 0.05) is 26.5 Å². The highest BCUT2D eigenvalue weighted by Gasteiger charge is 2.28. The standard InChI is InChI=1S/C17H20IN3O6S4/c1-12-19-21(7-3-9-31(25,26)27)17(28-12)11-16-20(6-2-8-30(22,23)24)14-10-13(18)4-5-15(14)29-16/h4-5,10-11H,2-3,6-9H2,1H3,(H-,22,23,24,25,26,27)/p+1. The number of anilines is 1. The van der Waals surface area contributed by atoms with Crippen LogP contribution >= 0.6 is 45.7 Å². The highest BCUT2D eigenvalue weighted by atomic mass is 127. The normalized spacial score (nSPS) is 15.6. The van der Waals surface area contributed by atoms with Gasteiger partial charge >= 0.3 is 0 Å². The number of hydrogen-bond acceptors (Lipinski definition) is 8. The molecule has 3 rings (SSSR count). The highest BCUT2D eigenvalue weighted by Crippen LogP contribution is 2.47. The van der Waals surface area contributed by atoms with Gasteiger partial charge in [-0.1, -0.05) is 16.4 Å². The molecule has 2 aromatic rings. The van der Waals surface area contributed by atoms with Gasteiger partial charge in [0.1, 0.15) is 0 Å². The van der Waals surface area contributed by atoms with E-state index in [1.165, 1.54) is 11.3 Å². The summed E-state index contributed by atoms with van der Waals surface area (Å²) in [6.45, 7) is 2.60. The molecule has 0 fully saturated rings. The maximum absolute atomic E-state index is 11.1. The van der Waals surface area contributed by atoms with E-state index >= 15 is 0 Å². The average molecular weight is 619 g/mol. The van der Waals surface area contributed by atoms with Gasteiger partial charge in [-0.25, -0.2) is 0 Å². The minimum Gasteiger partial charge on any atom is -0.335 e. The van der Waals surface area contributed by atoms with Gasteiger partial charge in [-0.15, -0.1) is 0 Å². The lowest BCUT2D eigenvalue weighted by Crippen LogP contribution is -2.39. The summed E-state index contributed by atoms with van der Waals surface area (Å²) >= 11 is 5.23. The fraction of sp³-hybridized carbons (Fsp3) is 0.412. The number of aryl methyl sites for hydroxylation is 2. The summed E-state index contributed by atoms with van der Waals surface area (Å²) < 4.78 is 65.1. The molecule has 1 aliphatic heterocycles. The summed E-state index contributed by atoms with van der Waals surface area (Å²) in [4.78, 5) is 3.06. The van der Waals surface area contributed by atoms with E-state index in [4.69, 9.17) is 9.11 Å². The molecule has 2 heterocycles. The monoisotopic (exact) mass is 618 g/mol. The number of fused-ring (bicyclic) bond motifs is 1. The Kier molecular flexibility index (Phi) is 8.02. The van der Waals surface area contributed by atoms with Gasteiger partial charge < -0.3 is 4.90 Å². The molecule has 9 nitrogen and oxygen atoms in total. The van der Waals surface area contributed by atoms with Crippen LogP contribution in [0.1, 0.15) is 22.9 Å². The quantitative estimate of drug-likeness (QED) is 0.248. The number of hydrogen-bond donors (Lipinski definition) is 2. The second-order valence-electron chi connectivity index (χ2n) is 6.81. The summed E-state index contributed by atoms with van der Waals surface area (Å²) in [5, 5.41) is 6.95. The van der Waals surface area contributed by atoms with Crippen LogP contribution in [0.25, 0.3) is 6.08 Å². The molecule has 1 aliphatic rings. The van der Waals surface area contributed by atoms with E-state index in [0.717, 1.165) is 29.2 Å². The van der Waals surface area contributed by atoms with Crippen molar-refractivity contribution in [2.24, 2.45) is 0 Å². The summed E-state index contributed by atoms with van der Waals surface area (Å²) in [7, 11) is -8.07. The first kappa shape index (κ1) is 24.9. The number of thioether (sulfide) groups is 1. The molecule has 0 spiro atoms. The maximum atomic E-state index is 11.1. The zero-order chi connectivity index (χ0) is 22.8. The van der Waals surface area contributed by atoms with Crippen LogP contribution in [-0.2, 0) is 26.8 Å². The topological polar surface area (TPSA) is 129 Å². The molecule has 1 aromatic heterocycles. The van der Waals surface area contributed by atoms with Gasteiger partial charge in [-0.05, 0) is 65.5 Å². The Bertz CT molecular complexity index is 1210. The molecule has 0 bridgehead atoms. The summed E-state index contributed by atoms with van der Waals surface area (Å²) in [6, 6.07) is 6.03. The first-order valence-corrected chi connectivity index (χ1v) is 15.1. The lowest BCUT2D eigenvalue weighted by atomic mass is 10.3. The largest absolute Gasteiger partial charge is 0.335 e. The molecule has 2 N–H and O–H groups in total. The van der Waals surface area contributed by atoms with E-state index in [2.05, 4.69) is 27.7 Å². The third-order valence-electron chi connectivity index (χ3n) is 4.26. The second kappa shape index (κ2) is 10.0. The van der Waals surface area contributed by atoms with Crippen LogP contribution in [0.15, 0.2) is 28.1 Å². The maximum Gasteiger partial charge on any atom is 0.291 e. The molecule has 1 aromatic carbocycles. The minimum atomic E-state index is -4.04. The lowest BCUT2D eigenvalue weighted by Gasteiger charge is -2.20. The van der Waals surface area contributed by atoms with Crippen molar-refractivity contribution >= 4 is 77.7 Å². The number of halogens is 1. The molecular weight excluding hydrogens is 597 g/mol. The number of benzene rings is 1. The molecule has 0 radical (unpaired) electrons. The van der Waals surface area contributed by atoms with Gasteiger partial charge in [0.2, 0.25) is 0 Å². The number of aromatic nitrogens is 2. The summed E-state index contributed by atoms with van der Waals surface area (Å²) in [5.41, 5.74) is 0.970. The SMILES string of the molecule is Cc1n[n+](CCCS(=O)(=O)O)c(/C=C2\Sc3ccc(I)cc3N2CCCS(=O)(=O)O)s1. The molecular formula is C17H21IN3O6S4+. The molecule has 14 heteroatoms. The Morgan fingerprint density at radius 2 is 1.84 bits per heavy atom. The molecule has 0 saturated carbocycles. The predicted molar refractivity (Wildman–Crippen MR) is 129 cm³/mol. The molecule has 0 aliphatic carbocycles. The average Bonchev–Trinajstić information content (AvgIpc) is 3.13. The van der Waals surface area contributed by atoms with Crippen molar-refractivity contribution in [1.82, 2.24) is 5.10 Å². The second-order valence-corrected chi connectivity index (χ2v) is 13.5. The van der Waals surface area contributed by atoms with Crippen molar-refractivity contribution in [2.45, 2.75) is 31.2 Å². The first-order valence-electron chi connectivity index (χ1n) is 9.16. The number of nitrogens with zero attached hydrogens (tertiary/aromatic N) is 3. The highest BCUT2D eigenvalue weighted by molar-refractivity contribution is 14.1. The van der Waals surface area contributed by atoms with Crippen LogP contribution in [0.2, 0.25) is 0 Å². The Morgan fingerprint density at radius 1 is 1.16 bits per heavy atom. The van der Waals surface area contributed by atoms with Crippen LogP contribution < -0.4 is 9.58 Å². The van der Waals surface area contributed by atoms with Crippen molar-refractivity contribution in [3.8, 4) is 0 Å². The molecule has 0 unspecified atom stereocenters. The van der Waals surface area contributed by atoms with Crippen molar-refractivity contribution in [1.29, 1.82) is 0 Å². The van der Waals surface area contributed by atoms with E-state index in [1.54, 1.807) is 16.4 Å². The van der Waals surface area contributed by atoms with Crippen molar-refractivity contribution in [3.63, 3.8) is 0 Å². The van der Waals surface area contributed by atoms with Crippen LogP contribution in [0.3, 0.4) is 0 Å². The van der Waals surface area contributed by atoms with Gasteiger partial charge in [-0.2, -0.15) is 16.8 Å². The van der Waals surface area contributed by atoms with Crippen LogP contribution in [0.4, 0.5) is 5.69 Å². The first-order chi connectivity index (χ1) is 14.4. The summed E-state index contributed by atoms with van der Waals surface area (Å²) in [6.07, 6.45) is 2.44. The Balaban J connectivity index is 1.87. The lowest BCUT2D eigenvalue weighted by molar-refractivity contribution is -0.750. The van der Waals surface area contributed by atoms with Gasteiger partial charge in [0.15, 0.2) is 11.6 Å². The summed E-state index contributed by atoms with van der Waals surface area (Å²) in [5.74, 6) is -0.664. The molecule has 0 atom stereocenters. The van der Waals surface area contributed by atoms with Crippen molar-refractivity contribution < 1.29 is 30.6 Å². The van der Waals surface area contributed by atoms with E-state index in [0.29, 0.717) is 13.1 Å². The van der Waals surface area contributed by atoms with Crippen molar-refractivity contribution in [3.05, 3.63) is 36.8 Å². The molecule has 31 heavy (non-hydrogen) atoms. The fourth-order valence-electron chi connectivity index (χ4n) is 3.03.